The minimum Gasteiger partial charge on any atom is -0.461 e. The van der Waals surface area contributed by atoms with E-state index in [0.717, 1.165) is 4.90 Å². The largest absolute Gasteiger partial charge is 0.461 e. The van der Waals surface area contributed by atoms with Gasteiger partial charge in [-0.25, -0.2) is 0 Å². The molecule has 124 valence electrons. The van der Waals surface area contributed by atoms with E-state index in [9.17, 15) is 4.79 Å². The number of carbonyl (C=O) groups is 1. The third-order valence-electron chi connectivity index (χ3n) is 3.35. The van der Waals surface area contributed by atoms with Crippen LogP contribution in [0.4, 0.5) is 0 Å². The first-order valence-electron chi connectivity index (χ1n) is 7.51. The smallest absolute Gasteiger partial charge is 0.319 e. The second-order valence-electron chi connectivity index (χ2n) is 5.34. The lowest BCUT2D eigenvalue weighted by atomic mass is 10.2. The van der Waals surface area contributed by atoms with Crippen LogP contribution in [-0.4, -0.2) is 16.4 Å². The second kappa shape index (κ2) is 7.40. The maximum absolute atomic E-state index is 12.1. The first kappa shape index (κ1) is 16.4. The minimum atomic E-state index is -0.302. The van der Waals surface area contributed by atoms with Crippen molar-refractivity contribution in [3.05, 3.63) is 60.0 Å². The van der Waals surface area contributed by atoms with Gasteiger partial charge in [0.25, 0.3) is 0 Å². The van der Waals surface area contributed by atoms with Gasteiger partial charge in [0.1, 0.15) is 17.6 Å². The molecule has 2 aromatic heterocycles. The molecule has 3 rings (SSSR count). The predicted octanol–water partition coefficient (Wildman–Crippen LogP) is 4.47. The molecule has 0 aliphatic heterocycles. The highest BCUT2D eigenvalue weighted by Gasteiger charge is 2.17. The van der Waals surface area contributed by atoms with E-state index in [-0.39, 0.29) is 17.8 Å². The molecule has 0 amide bonds. The zero-order valence-corrected chi connectivity index (χ0v) is 14.2. The number of carbonyl (C=O) groups excluding carboxylic acids is 1. The van der Waals surface area contributed by atoms with Gasteiger partial charge < -0.3 is 13.7 Å². The first-order chi connectivity index (χ1) is 11.6. The van der Waals surface area contributed by atoms with Crippen LogP contribution in [0.1, 0.15) is 18.2 Å². The van der Waals surface area contributed by atoms with Crippen LogP contribution < -0.4 is 0 Å². The molecule has 0 radical (unpaired) electrons. The molecular formula is C18H17NO4S. The van der Waals surface area contributed by atoms with Gasteiger partial charge in [-0.15, -0.1) is 11.8 Å². The third kappa shape index (κ3) is 4.08. The number of aryl methyl sites for hydroxylation is 1. The minimum absolute atomic E-state index is 0.0713. The van der Waals surface area contributed by atoms with Gasteiger partial charge in [-0.3, -0.25) is 4.79 Å². The Hall–Kier alpha value is -2.47. The number of rotatable bonds is 6. The number of esters is 1. The van der Waals surface area contributed by atoms with Gasteiger partial charge in [-0.05, 0) is 38.1 Å². The van der Waals surface area contributed by atoms with Gasteiger partial charge in [-0.2, -0.15) is 0 Å². The summed E-state index contributed by atoms with van der Waals surface area (Å²) >= 11 is 1.47. The van der Waals surface area contributed by atoms with Crippen molar-refractivity contribution in [2.45, 2.75) is 30.6 Å². The number of benzene rings is 1. The lowest BCUT2D eigenvalue weighted by molar-refractivity contribution is -0.144. The molecule has 1 atom stereocenters. The zero-order valence-electron chi connectivity index (χ0n) is 13.4. The molecule has 0 N–H and O–H groups in total. The Morgan fingerprint density at radius 3 is 2.75 bits per heavy atom. The third-order valence-corrected chi connectivity index (χ3v) is 4.44. The summed E-state index contributed by atoms with van der Waals surface area (Å²) in [5.74, 6) is 0.805. The molecule has 5 nitrogen and oxygen atoms in total. The lowest BCUT2D eigenvalue weighted by Crippen LogP contribution is -2.16. The van der Waals surface area contributed by atoms with E-state index >= 15 is 0 Å². The van der Waals surface area contributed by atoms with Gasteiger partial charge >= 0.3 is 5.97 Å². The van der Waals surface area contributed by atoms with Gasteiger partial charge in [0, 0.05) is 11.0 Å². The summed E-state index contributed by atoms with van der Waals surface area (Å²) in [4.78, 5) is 13.1. The van der Waals surface area contributed by atoms with Crippen LogP contribution in [0.5, 0.6) is 0 Å². The quantitative estimate of drug-likeness (QED) is 0.486. The fraction of sp³-hybridized carbons (Fsp3) is 0.222. The molecule has 0 unspecified atom stereocenters. The van der Waals surface area contributed by atoms with Crippen LogP contribution in [0.15, 0.2) is 62.6 Å². The first-order valence-corrected chi connectivity index (χ1v) is 8.39. The summed E-state index contributed by atoms with van der Waals surface area (Å²) in [5.41, 5.74) is 1.73. The fourth-order valence-electron chi connectivity index (χ4n) is 2.05. The Morgan fingerprint density at radius 2 is 2.04 bits per heavy atom. The number of nitrogens with zero attached hydrogens (tertiary/aromatic N) is 1. The molecule has 0 aliphatic rings. The van der Waals surface area contributed by atoms with Crippen LogP contribution in [0.3, 0.4) is 0 Å². The van der Waals surface area contributed by atoms with Crippen molar-refractivity contribution in [2.75, 3.05) is 0 Å². The van der Waals surface area contributed by atoms with Crippen LogP contribution >= 0.6 is 11.8 Å². The molecule has 0 saturated heterocycles. The summed E-state index contributed by atoms with van der Waals surface area (Å²) in [6, 6.07) is 13.3. The highest BCUT2D eigenvalue weighted by Crippen LogP contribution is 2.25. The van der Waals surface area contributed by atoms with Crippen molar-refractivity contribution in [1.29, 1.82) is 0 Å². The maximum atomic E-state index is 12.1. The topological polar surface area (TPSA) is 65.5 Å². The van der Waals surface area contributed by atoms with Gasteiger partial charge in [0.2, 0.25) is 5.76 Å². The van der Waals surface area contributed by atoms with Crippen LogP contribution in [0, 0.1) is 6.92 Å². The predicted molar refractivity (Wildman–Crippen MR) is 90.5 cm³/mol. The van der Waals surface area contributed by atoms with Crippen LogP contribution in [-0.2, 0) is 16.1 Å². The van der Waals surface area contributed by atoms with Gasteiger partial charge in [-0.1, -0.05) is 22.9 Å². The summed E-state index contributed by atoms with van der Waals surface area (Å²) < 4.78 is 15.7. The Labute approximate surface area is 144 Å². The second-order valence-corrected chi connectivity index (χ2v) is 6.75. The van der Waals surface area contributed by atoms with E-state index in [1.165, 1.54) is 17.3 Å². The van der Waals surface area contributed by atoms with E-state index in [0.29, 0.717) is 17.2 Å². The van der Waals surface area contributed by atoms with E-state index in [1.807, 2.05) is 38.1 Å². The summed E-state index contributed by atoms with van der Waals surface area (Å²) in [6.45, 7) is 3.92. The zero-order chi connectivity index (χ0) is 16.9. The molecule has 24 heavy (non-hydrogen) atoms. The number of hydrogen-bond donors (Lipinski definition) is 0. The fourth-order valence-corrected chi connectivity index (χ4v) is 2.91. The molecule has 0 aliphatic carbocycles. The maximum Gasteiger partial charge on any atom is 0.319 e. The van der Waals surface area contributed by atoms with E-state index in [2.05, 4.69) is 5.16 Å². The van der Waals surface area contributed by atoms with Crippen molar-refractivity contribution >= 4 is 17.7 Å². The molecule has 0 spiro atoms. The lowest BCUT2D eigenvalue weighted by Gasteiger charge is -2.10. The van der Waals surface area contributed by atoms with E-state index in [1.54, 1.807) is 24.5 Å². The number of hydrogen-bond acceptors (Lipinski definition) is 6. The Kier molecular flexibility index (Phi) is 5.05. The highest BCUT2D eigenvalue weighted by atomic mass is 32.2. The monoisotopic (exact) mass is 343 g/mol. The van der Waals surface area contributed by atoms with E-state index < -0.39 is 0 Å². The summed E-state index contributed by atoms with van der Waals surface area (Å²) in [6.07, 6.45) is 1.56. The Balaban J connectivity index is 1.52. The molecule has 0 saturated carbocycles. The average Bonchev–Trinajstić information content (AvgIpc) is 3.25. The number of aromatic nitrogens is 1. The molecule has 0 fully saturated rings. The number of ether oxygens (including phenoxy) is 1. The highest BCUT2D eigenvalue weighted by molar-refractivity contribution is 8.00. The number of furan rings is 1. The van der Waals surface area contributed by atoms with Crippen LogP contribution in [0.25, 0.3) is 11.5 Å². The van der Waals surface area contributed by atoms with Crippen molar-refractivity contribution in [2.24, 2.45) is 0 Å². The van der Waals surface area contributed by atoms with Crippen LogP contribution in [0.2, 0.25) is 0 Å². The molecule has 2 heterocycles. The number of thioether (sulfide) groups is 1. The Bertz CT molecular complexity index is 793. The normalized spacial score (nSPS) is 12.1. The summed E-state index contributed by atoms with van der Waals surface area (Å²) in [7, 11) is 0. The standard InChI is InChI=1S/C18H17NO4S/c1-12-5-7-15(8-6-12)24-13(2)18(20)22-11-14-10-17(23-19-14)16-4-3-9-21-16/h3-10,13H,11H2,1-2H3/t13-/m0/s1. The molecule has 3 aromatic rings. The average molecular weight is 343 g/mol. The molecular weight excluding hydrogens is 326 g/mol. The molecule has 1 aromatic carbocycles. The molecule has 6 heteroatoms. The molecule has 0 bridgehead atoms. The van der Waals surface area contributed by atoms with Crippen molar-refractivity contribution in [1.82, 2.24) is 5.16 Å². The van der Waals surface area contributed by atoms with Crippen molar-refractivity contribution < 1.29 is 18.5 Å². The van der Waals surface area contributed by atoms with E-state index in [4.69, 9.17) is 13.7 Å². The van der Waals surface area contributed by atoms with Crippen molar-refractivity contribution in [3.8, 4) is 11.5 Å². The Morgan fingerprint density at radius 1 is 1.25 bits per heavy atom. The van der Waals surface area contributed by atoms with Crippen molar-refractivity contribution in [3.63, 3.8) is 0 Å². The van der Waals surface area contributed by atoms with Gasteiger partial charge in [0.15, 0.2) is 5.76 Å². The summed E-state index contributed by atoms with van der Waals surface area (Å²) in [5, 5.41) is 3.58. The SMILES string of the molecule is Cc1ccc(S[C@@H](C)C(=O)OCc2cc(-c3ccco3)on2)cc1. The van der Waals surface area contributed by atoms with Gasteiger partial charge in [0.05, 0.1) is 6.26 Å².